The number of hydrogen-bond donors (Lipinski definition) is 1. The predicted molar refractivity (Wildman–Crippen MR) is 140 cm³/mol. The van der Waals surface area contributed by atoms with Crippen LogP contribution in [0.4, 0.5) is 0 Å². The normalized spacial score (nSPS) is 12.3. The number of benzene rings is 2. The van der Waals surface area contributed by atoms with Gasteiger partial charge in [0.25, 0.3) is 11.5 Å². The Morgan fingerprint density at radius 3 is 2.73 bits per heavy atom. The van der Waals surface area contributed by atoms with Crippen molar-refractivity contribution < 1.29 is 14.3 Å². The highest BCUT2D eigenvalue weighted by molar-refractivity contribution is 14.1. The van der Waals surface area contributed by atoms with Crippen LogP contribution in [0.2, 0.25) is 0 Å². The lowest BCUT2D eigenvalue weighted by atomic mass is 10.1. The lowest BCUT2D eigenvalue weighted by molar-refractivity contribution is -0.119. The van der Waals surface area contributed by atoms with Crippen molar-refractivity contribution in [3.8, 4) is 11.5 Å². The maximum Gasteiger partial charge on any atom is 0.282 e. The molecule has 0 aliphatic heterocycles. The molecule has 0 bridgehead atoms. The van der Waals surface area contributed by atoms with Crippen molar-refractivity contribution in [3.05, 3.63) is 60.1 Å². The van der Waals surface area contributed by atoms with E-state index in [4.69, 9.17) is 20.2 Å². The molecule has 2 N–H and O–H groups in total. The molecule has 8 nitrogen and oxygen atoms in total. The minimum atomic E-state index is -0.578. The number of halogens is 2. The van der Waals surface area contributed by atoms with Crippen molar-refractivity contribution in [3.63, 3.8) is 0 Å². The third-order valence-corrected chi connectivity index (χ3v) is 6.19. The van der Waals surface area contributed by atoms with Gasteiger partial charge in [-0.3, -0.25) is 9.59 Å². The number of rotatable bonds is 9. The Bertz CT molecular complexity index is 1280. The average Bonchev–Trinajstić information content (AvgIpc) is 2.77. The largest absolute Gasteiger partial charge is 0.490 e. The van der Waals surface area contributed by atoms with E-state index in [0.29, 0.717) is 40.4 Å². The van der Waals surface area contributed by atoms with Gasteiger partial charge in [-0.2, -0.15) is 9.78 Å². The Hall–Kier alpha value is -2.47. The molecule has 0 saturated carbocycles. The zero-order valence-corrected chi connectivity index (χ0v) is 22.2. The first-order valence-corrected chi connectivity index (χ1v) is 12.3. The fraction of sp³-hybridized carbons (Fsp3) is 0.304. The number of carbonyl (C=O) groups excluding carboxylic acids is 1. The molecule has 10 heteroatoms. The van der Waals surface area contributed by atoms with Gasteiger partial charge in [0.15, 0.2) is 18.1 Å². The van der Waals surface area contributed by atoms with E-state index in [1.54, 1.807) is 18.3 Å². The number of ether oxygens (including phenoxy) is 2. The zero-order chi connectivity index (χ0) is 24.1. The van der Waals surface area contributed by atoms with Gasteiger partial charge in [0.1, 0.15) is 5.82 Å². The molecule has 33 heavy (non-hydrogen) atoms. The molecule has 174 valence electrons. The van der Waals surface area contributed by atoms with E-state index < -0.39 is 5.91 Å². The standard InChI is InChI=1S/C23H24BrIN4O4/c1-4-13(3)22-28-18-7-6-15(24)10-16(18)23(31)29(22)27-11-14-8-17(25)21(33-12-20(26)30)19(9-14)32-5-2/h6-11,13H,4-5,12H2,1-3H3,(H2,26,30)/t13-/m0/s1. The molecule has 0 fully saturated rings. The van der Waals surface area contributed by atoms with Gasteiger partial charge >= 0.3 is 0 Å². The lowest BCUT2D eigenvalue weighted by Crippen LogP contribution is -2.23. The van der Waals surface area contributed by atoms with Crippen LogP contribution in [0.5, 0.6) is 11.5 Å². The predicted octanol–water partition coefficient (Wildman–Crippen LogP) is 4.42. The zero-order valence-electron chi connectivity index (χ0n) is 18.5. The topological polar surface area (TPSA) is 109 Å². The first-order chi connectivity index (χ1) is 15.7. The summed E-state index contributed by atoms with van der Waals surface area (Å²) in [7, 11) is 0. The van der Waals surface area contributed by atoms with E-state index >= 15 is 0 Å². The minimum absolute atomic E-state index is 0.0339. The van der Waals surface area contributed by atoms with Crippen molar-refractivity contribution in [2.45, 2.75) is 33.1 Å². The van der Waals surface area contributed by atoms with Crippen LogP contribution >= 0.6 is 38.5 Å². The van der Waals surface area contributed by atoms with E-state index in [1.807, 2.05) is 39.0 Å². The highest BCUT2D eigenvalue weighted by Crippen LogP contribution is 2.34. The van der Waals surface area contributed by atoms with Crippen LogP contribution in [-0.2, 0) is 4.79 Å². The van der Waals surface area contributed by atoms with E-state index in [1.165, 1.54) is 4.68 Å². The molecule has 1 amide bonds. The summed E-state index contributed by atoms with van der Waals surface area (Å²) in [6.07, 6.45) is 2.39. The van der Waals surface area contributed by atoms with Crippen molar-refractivity contribution >= 4 is 61.5 Å². The second-order valence-corrected chi connectivity index (χ2v) is 9.40. The molecule has 0 unspecified atom stereocenters. The molecule has 0 spiro atoms. The Morgan fingerprint density at radius 2 is 2.06 bits per heavy atom. The van der Waals surface area contributed by atoms with Crippen LogP contribution < -0.4 is 20.8 Å². The lowest BCUT2D eigenvalue weighted by Gasteiger charge is -2.15. The van der Waals surface area contributed by atoms with Crippen molar-refractivity contribution in [2.24, 2.45) is 10.8 Å². The molecule has 1 aromatic heterocycles. The van der Waals surface area contributed by atoms with E-state index in [2.05, 4.69) is 43.6 Å². The molecule has 1 atom stereocenters. The quantitative estimate of drug-likeness (QED) is 0.279. The van der Waals surface area contributed by atoms with Gasteiger partial charge in [-0.15, -0.1) is 0 Å². The maximum atomic E-state index is 13.3. The summed E-state index contributed by atoms with van der Waals surface area (Å²) in [5, 5.41) is 4.98. The molecular weight excluding hydrogens is 603 g/mol. The third-order valence-electron chi connectivity index (χ3n) is 4.90. The Labute approximate surface area is 213 Å². The summed E-state index contributed by atoms with van der Waals surface area (Å²) >= 11 is 5.51. The van der Waals surface area contributed by atoms with Crippen LogP contribution in [0, 0.1) is 3.57 Å². The molecule has 0 aliphatic rings. The van der Waals surface area contributed by atoms with E-state index in [0.717, 1.165) is 14.5 Å². The molecule has 1 heterocycles. The summed E-state index contributed by atoms with van der Waals surface area (Å²) < 4.78 is 14.1. The highest BCUT2D eigenvalue weighted by Gasteiger charge is 2.16. The van der Waals surface area contributed by atoms with Crippen LogP contribution in [0.3, 0.4) is 0 Å². The molecule has 3 rings (SSSR count). The van der Waals surface area contributed by atoms with Gasteiger partial charge in [-0.1, -0.05) is 29.8 Å². The fourth-order valence-corrected chi connectivity index (χ4v) is 4.25. The van der Waals surface area contributed by atoms with Gasteiger partial charge in [-0.25, -0.2) is 4.98 Å². The molecule has 0 saturated heterocycles. The number of primary amides is 1. The van der Waals surface area contributed by atoms with Gasteiger partial charge in [-0.05, 0) is 71.8 Å². The summed E-state index contributed by atoms with van der Waals surface area (Å²) in [5.74, 6) is 0.942. The molecule has 2 aromatic carbocycles. The maximum absolute atomic E-state index is 13.3. The number of hydrogen-bond acceptors (Lipinski definition) is 6. The fourth-order valence-electron chi connectivity index (χ4n) is 3.11. The highest BCUT2D eigenvalue weighted by atomic mass is 127. The number of fused-ring (bicyclic) bond motifs is 1. The SMILES string of the molecule is CCOc1cc(C=Nn2c([C@@H](C)CC)nc3ccc(Br)cc3c2=O)cc(I)c1OCC(N)=O. The Morgan fingerprint density at radius 1 is 1.30 bits per heavy atom. The van der Waals surface area contributed by atoms with Crippen LogP contribution in [0.15, 0.2) is 44.7 Å². The van der Waals surface area contributed by atoms with E-state index in [9.17, 15) is 9.59 Å². The summed E-state index contributed by atoms with van der Waals surface area (Å²) in [5.41, 5.74) is 6.29. The second kappa shape index (κ2) is 11.1. The van der Waals surface area contributed by atoms with Gasteiger partial charge in [0.2, 0.25) is 0 Å². The second-order valence-electron chi connectivity index (χ2n) is 7.32. The molecular formula is C23H24BrIN4O4. The van der Waals surface area contributed by atoms with Crippen LogP contribution in [-0.4, -0.2) is 35.0 Å². The third kappa shape index (κ3) is 5.91. The number of nitrogens with zero attached hydrogens (tertiary/aromatic N) is 3. The molecule has 0 radical (unpaired) electrons. The van der Waals surface area contributed by atoms with Crippen molar-refractivity contribution in [1.29, 1.82) is 0 Å². The first-order valence-electron chi connectivity index (χ1n) is 10.4. The number of nitrogens with two attached hydrogens (primary N) is 1. The number of carbonyl (C=O) groups is 1. The minimum Gasteiger partial charge on any atom is -0.490 e. The van der Waals surface area contributed by atoms with Crippen LogP contribution in [0.1, 0.15) is 44.5 Å². The number of amides is 1. The van der Waals surface area contributed by atoms with Crippen LogP contribution in [0.25, 0.3) is 10.9 Å². The van der Waals surface area contributed by atoms with Gasteiger partial charge in [0, 0.05) is 10.4 Å². The molecule has 0 aliphatic carbocycles. The number of aromatic nitrogens is 2. The van der Waals surface area contributed by atoms with E-state index in [-0.39, 0.29) is 18.1 Å². The first kappa shape index (κ1) is 25.2. The van der Waals surface area contributed by atoms with Crippen molar-refractivity contribution in [1.82, 2.24) is 9.66 Å². The average molecular weight is 627 g/mol. The smallest absolute Gasteiger partial charge is 0.282 e. The summed E-state index contributed by atoms with van der Waals surface area (Å²) in [4.78, 5) is 29.1. The summed E-state index contributed by atoms with van der Waals surface area (Å²) in [6.45, 7) is 6.06. The summed E-state index contributed by atoms with van der Waals surface area (Å²) in [6, 6.07) is 8.99. The Kier molecular flexibility index (Phi) is 8.46. The Balaban J connectivity index is 2.10. The molecule has 3 aromatic rings. The van der Waals surface area contributed by atoms with Crippen molar-refractivity contribution in [2.75, 3.05) is 13.2 Å². The monoisotopic (exact) mass is 626 g/mol. The van der Waals surface area contributed by atoms with Gasteiger partial charge in [0.05, 0.1) is 27.3 Å². The van der Waals surface area contributed by atoms with Gasteiger partial charge < -0.3 is 15.2 Å².